The lowest BCUT2D eigenvalue weighted by Gasteiger charge is -2.11. The highest BCUT2D eigenvalue weighted by atomic mass is 32.1. The van der Waals surface area contributed by atoms with E-state index >= 15 is 0 Å². The van der Waals surface area contributed by atoms with Crippen molar-refractivity contribution in [2.24, 2.45) is 0 Å². The maximum Gasteiger partial charge on any atom is 0.257 e. The summed E-state index contributed by atoms with van der Waals surface area (Å²) < 4.78 is 15.5. The number of hydrogen-bond donors (Lipinski definition) is 2. The molecule has 0 aliphatic rings. The molecule has 2 aromatic carbocycles. The van der Waals surface area contributed by atoms with Crippen LogP contribution in [0.25, 0.3) is 0 Å². The molecule has 7 heteroatoms. The lowest BCUT2D eigenvalue weighted by molar-refractivity contribution is 0.0977. The minimum atomic E-state index is -0.292. The fourth-order valence-corrected chi connectivity index (χ4v) is 2.17. The second-order valence-electron chi connectivity index (χ2n) is 5.00. The third kappa shape index (κ3) is 6.06. The molecule has 0 heterocycles. The molecule has 0 aliphatic carbocycles. The SMILES string of the molecule is COCCOc1ccc(NC(=S)NC(=O)c2ccc(OC)cc2)cc1. The van der Waals surface area contributed by atoms with Crippen molar-refractivity contribution in [2.75, 3.05) is 32.8 Å². The predicted octanol–water partition coefficient (Wildman–Crippen LogP) is 2.85. The summed E-state index contributed by atoms with van der Waals surface area (Å²) in [5.74, 6) is 1.13. The van der Waals surface area contributed by atoms with E-state index in [1.165, 1.54) is 0 Å². The zero-order valence-electron chi connectivity index (χ0n) is 14.1. The molecule has 0 aliphatic heterocycles. The van der Waals surface area contributed by atoms with Crippen LogP contribution in [-0.2, 0) is 4.74 Å². The number of thiocarbonyl (C=S) groups is 1. The second kappa shape index (κ2) is 9.61. The van der Waals surface area contributed by atoms with Gasteiger partial charge in [-0.05, 0) is 60.7 Å². The van der Waals surface area contributed by atoms with Crippen molar-refractivity contribution in [1.29, 1.82) is 0 Å². The summed E-state index contributed by atoms with van der Waals surface area (Å²) in [6.45, 7) is 1.01. The average Bonchev–Trinajstić information content (AvgIpc) is 2.63. The summed E-state index contributed by atoms with van der Waals surface area (Å²) in [6.07, 6.45) is 0. The Hall–Kier alpha value is -2.64. The van der Waals surface area contributed by atoms with Gasteiger partial charge < -0.3 is 19.5 Å². The first-order valence-corrected chi connectivity index (χ1v) is 8.01. The highest BCUT2D eigenvalue weighted by Gasteiger charge is 2.08. The zero-order chi connectivity index (χ0) is 18.1. The standard InChI is InChI=1S/C18H20N2O4S/c1-22-11-12-24-16-9-5-14(6-10-16)19-18(25)20-17(21)13-3-7-15(23-2)8-4-13/h3-10H,11-12H2,1-2H3,(H2,19,20,21,25). The molecule has 2 N–H and O–H groups in total. The first kappa shape index (κ1) is 18.7. The van der Waals surface area contributed by atoms with E-state index in [9.17, 15) is 4.79 Å². The van der Waals surface area contributed by atoms with Crippen LogP contribution in [0.15, 0.2) is 48.5 Å². The lowest BCUT2D eigenvalue weighted by Crippen LogP contribution is -2.34. The van der Waals surface area contributed by atoms with Gasteiger partial charge in [-0.25, -0.2) is 0 Å². The number of nitrogens with one attached hydrogen (secondary N) is 2. The molecule has 2 rings (SSSR count). The summed E-state index contributed by atoms with van der Waals surface area (Å²) in [5.41, 5.74) is 1.24. The summed E-state index contributed by atoms with van der Waals surface area (Å²) in [5, 5.41) is 5.80. The Labute approximate surface area is 152 Å². The highest BCUT2D eigenvalue weighted by Crippen LogP contribution is 2.16. The van der Waals surface area contributed by atoms with Gasteiger partial charge in [0.1, 0.15) is 18.1 Å². The second-order valence-corrected chi connectivity index (χ2v) is 5.41. The van der Waals surface area contributed by atoms with E-state index in [-0.39, 0.29) is 11.0 Å². The van der Waals surface area contributed by atoms with E-state index in [4.69, 9.17) is 26.4 Å². The zero-order valence-corrected chi connectivity index (χ0v) is 14.9. The van der Waals surface area contributed by atoms with E-state index in [0.717, 1.165) is 11.4 Å². The van der Waals surface area contributed by atoms with Gasteiger partial charge in [0.2, 0.25) is 0 Å². The molecule has 0 aromatic heterocycles. The van der Waals surface area contributed by atoms with Crippen molar-refractivity contribution in [3.05, 3.63) is 54.1 Å². The molecule has 132 valence electrons. The quantitative estimate of drug-likeness (QED) is 0.585. The fraction of sp³-hybridized carbons (Fsp3) is 0.222. The Kier molecular flexibility index (Phi) is 7.18. The molecule has 2 aromatic rings. The Balaban J connectivity index is 1.85. The average molecular weight is 360 g/mol. The van der Waals surface area contributed by atoms with E-state index in [1.807, 2.05) is 24.3 Å². The normalized spacial score (nSPS) is 10.0. The summed E-state index contributed by atoms with van der Waals surface area (Å²) in [6, 6.07) is 14.0. The molecule has 0 fully saturated rings. The largest absolute Gasteiger partial charge is 0.497 e. The molecule has 6 nitrogen and oxygen atoms in total. The number of benzene rings is 2. The summed E-state index contributed by atoms with van der Waals surface area (Å²) >= 11 is 5.16. The Bertz CT molecular complexity index is 702. The topological polar surface area (TPSA) is 68.8 Å². The highest BCUT2D eigenvalue weighted by molar-refractivity contribution is 7.80. The molecule has 0 bridgehead atoms. The molecule has 0 saturated heterocycles. The fourth-order valence-electron chi connectivity index (χ4n) is 1.96. The smallest absolute Gasteiger partial charge is 0.257 e. The van der Waals surface area contributed by atoms with Gasteiger partial charge >= 0.3 is 0 Å². The van der Waals surface area contributed by atoms with Crippen LogP contribution in [0, 0.1) is 0 Å². The first-order chi connectivity index (χ1) is 12.1. The Morgan fingerprint density at radius 3 is 2.20 bits per heavy atom. The van der Waals surface area contributed by atoms with Gasteiger partial charge in [0, 0.05) is 18.4 Å². The number of anilines is 1. The maximum absolute atomic E-state index is 12.1. The third-order valence-electron chi connectivity index (χ3n) is 3.25. The summed E-state index contributed by atoms with van der Waals surface area (Å²) in [7, 11) is 3.19. The van der Waals surface area contributed by atoms with Crippen LogP contribution in [0.3, 0.4) is 0 Å². The minimum Gasteiger partial charge on any atom is -0.497 e. The molecular formula is C18H20N2O4S. The molecule has 0 radical (unpaired) electrons. The van der Waals surface area contributed by atoms with Crippen LogP contribution >= 0.6 is 12.2 Å². The molecule has 25 heavy (non-hydrogen) atoms. The van der Waals surface area contributed by atoms with Crippen LogP contribution in [0.2, 0.25) is 0 Å². The van der Waals surface area contributed by atoms with Crippen LogP contribution < -0.4 is 20.1 Å². The molecule has 1 amide bonds. The Morgan fingerprint density at radius 1 is 0.960 bits per heavy atom. The predicted molar refractivity (Wildman–Crippen MR) is 100 cm³/mol. The third-order valence-corrected chi connectivity index (χ3v) is 3.45. The van der Waals surface area contributed by atoms with E-state index in [1.54, 1.807) is 38.5 Å². The first-order valence-electron chi connectivity index (χ1n) is 7.60. The molecule has 0 spiro atoms. The van der Waals surface area contributed by atoms with Crippen molar-refractivity contribution < 1.29 is 19.0 Å². The van der Waals surface area contributed by atoms with Gasteiger partial charge in [0.15, 0.2) is 5.11 Å². The van der Waals surface area contributed by atoms with E-state index < -0.39 is 0 Å². The molecule has 0 atom stereocenters. The maximum atomic E-state index is 12.1. The van der Waals surface area contributed by atoms with Gasteiger partial charge in [0.05, 0.1) is 13.7 Å². The lowest BCUT2D eigenvalue weighted by atomic mass is 10.2. The van der Waals surface area contributed by atoms with Crippen LogP contribution in [0.4, 0.5) is 5.69 Å². The minimum absolute atomic E-state index is 0.217. The van der Waals surface area contributed by atoms with Crippen molar-refractivity contribution in [1.82, 2.24) is 5.32 Å². The van der Waals surface area contributed by atoms with Crippen molar-refractivity contribution in [3.8, 4) is 11.5 Å². The number of ether oxygens (including phenoxy) is 3. The van der Waals surface area contributed by atoms with E-state index in [0.29, 0.717) is 24.5 Å². The number of hydrogen-bond acceptors (Lipinski definition) is 5. The van der Waals surface area contributed by atoms with Gasteiger partial charge in [-0.3, -0.25) is 10.1 Å². The number of carbonyl (C=O) groups is 1. The van der Waals surface area contributed by atoms with Gasteiger partial charge in [0.25, 0.3) is 5.91 Å². The number of rotatable bonds is 7. The monoisotopic (exact) mass is 360 g/mol. The van der Waals surface area contributed by atoms with Crippen molar-refractivity contribution in [3.63, 3.8) is 0 Å². The van der Waals surface area contributed by atoms with Crippen LogP contribution in [0.1, 0.15) is 10.4 Å². The summed E-state index contributed by atoms with van der Waals surface area (Å²) in [4.78, 5) is 12.1. The Morgan fingerprint density at radius 2 is 1.60 bits per heavy atom. The molecule has 0 saturated carbocycles. The van der Waals surface area contributed by atoms with Crippen LogP contribution in [0.5, 0.6) is 11.5 Å². The van der Waals surface area contributed by atoms with Gasteiger partial charge in [-0.15, -0.1) is 0 Å². The van der Waals surface area contributed by atoms with Crippen molar-refractivity contribution >= 4 is 28.9 Å². The molecule has 0 unspecified atom stereocenters. The van der Waals surface area contributed by atoms with Crippen LogP contribution in [-0.4, -0.2) is 38.5 Å². The van der Waals surface area contributed by atoms with E-state index in [2.05, 4.69) is 10.6 Å². The number of amides is 1. The van der Waals surface area contributed by atoms with Gasteiger partial charge in [-0.1, -0.05) is 0 Å². The number of methoxy groups -OCH3 is 2. The van der Waals surface area contributed by atoms with Crippen molar-refractivity contribution in [2.45, 2.75) is 0 Å². The van der Waals surface area contributed by atoms with Gasteiger partial charge in [-0.2, -0.15) is 0 Å². The number of carbonyl (C=O) groups excluding carboxylic acids is 1. The molecular weight excluding hydrogens is 340 g/mol.